The Morgan fingerprint density at radius 3 is 2.43 bits per heavy atom. The molecule has 3 rings (SSSR count). The average Bonchev–Trinajstić information content (AvgIpc) is 2.70. The number of ether oxygens (including phenoxy) is 2. The summed E-state index contributed by atoms with van der Waals surface area (Å²) in [6, 6.07) is 4.61. The molecule has 0 aliphatic carbocycles. The third kappa shape index (κ3) is 3.88. The van der Waals surface area contributed by atoms with Crippen molar-refractivity contribution in [2.45, 2.75) is 19.8 Å². The monoisotopic (exact) mass is 415 g/mol. The zero-order chi connectivity index (χ0) is 22.0. The van der Waals surface area contributed by atoms with Crippen LogP contribution in [0.4, 0.5) is 8.78 Å². The highest BCUT2D eigenvalue weighted by Crippen LogP contribution is 2.33. The van der Waals surface area contributed by atoms with E-state index in [9.17, 15) is 18.4 Å². The lowest BCUT2D eigenvalue weighted by atomic mass is 10.1. The molecule has 0 aliphatic heterocycles. The topological polar surface area (TPSA) is 123 Å². The predicted molar refractivity (Wildman–Crippen MR) is 100 cm³/mol. The maximum atomic E-state index is 14.6. The van der Waals surface area contributed by atoms with Crippen LogP contribution in [0.5, 0.6) is 17.4 Å². The molecule has 0 radical (unpaired) electrons. The highest BCUT2D eigenvalue weighted by molar-refractivity contribution is 5.43. The number of nitriles is 1. The van der Waals surface area contributed by atoms with Gasteiger partial charge in [-0.3, -0.25) is 9.78 Å². The van der Waals surface area contributed by atoms with Crippen molar-refractivity contribution in [2.75, 3.05) is 7.11 Å². The minimum Gasteiger partial charge on any atom is -0.481 e. The number of nitrogens with one attached hydrogen (secondary N) is 1. The number of halogens is 2. The summed E-state index contributed by atoms with van der Waals surface area (Å²) in [6.45, 7) is 3.79. The highest BCUT2D eigenvalue weighted by Gasteiger charge is 2.18. The molecular formula is C19H15F2N5O4. The maximum Gasteiger partial charge on any atom is 0.349 e. The SMILES string of the molecule is COc1ncc(Oc2c(F)cc(-n3nc(C#N)c(=O)[nH]c3=O)cc2F)cc1C(C)C. The fourth-order valence-electron chi connectivity index (χ4n) is 2.62. The van der Waals surface area contributed by atoms with Crippen LogP contribution in [-0.2, 0) is 0 Å². The Balaban J connectivity index is 2.03. The molecule has 0 saturated heterocycles. The van der Waals surface area contributed by atoms with Gasteiger partial charge in [-0.25, -0.2) is 18.6 Å². The average molecular weight is 415 g/mol. The van der Waals surface area contributed by atoms with Crippen molar-refractivity contribution in [3.63, 3.8) is 0 Å². The highest BCUT2D eigenvalue weighted by atomic mass is 19.1. The molecule has 2 aromatic heterocycles. The standard InChI is InChI=1S/C19H15F2N5O4/c1-9(2)12-6-11(8-23-18(12)29-3)30-16-13(20)4-10(5-14(16)21)26-19(28)24-17(27)15(7-22)25-26/h4-6,8-9H,1-3H3,(H,24,27,28). The lowest BCUT2D eigenvalue weighted by molar-refractivity contribution is 0.381. The molecule has 0 fully saturated rings. The van der Waals surface area contributed by atoms with Gasteiger partial charge >= 0.3 is 5.69 Å². The van der Waals surface area contributed by atoms with Gasteiger partial charge in [-0.2, -0.15) is 9.94 Å². The minimum atomic E-state index is -1.13. The van der Waals surface area contributed by atoms with Gasteiger partial charge in [0.1, 0.15) is 11.8 Å². The van der Waals surface area contributed by atoms with Gasteiger partial charge in [-0.05, 0) is 12.0 Å². The molecule has 2 heterocycles. The zero-order valence-corrected chi connectivity index (χ0v) is 16.1. The second kappa shape index (κ2) is 8.12. The lowest BCUT2D eigenvalue weighted by Gasteiger charge is -2.14. The molecule has 0 unspecified atom stereocenters. The van der Waals surface area contributed by atoms with E-state index < -0.39 is 34.3 Å². The summed E-state index contributed by atoms with van der Waals surface area (Å²) in [4.78, 5) is 29.3. The van der Waals surface area contributed by atoms with Gasteiger partial charge in [0, 0.05) is 17.7 Å². The lowest BCUT2D eigenvalue weighted by Crippen LogP contribution is -2.33. The molecule has 0 amide bonds. The number of methoxy groups -OCH3 is 1. The molecule has 3 aromatic rings. The second-order valence-corrected chi connectivity index (χ2v) is 6.40. The molecule has 9 nitrogen and oxygen atoms in total. The Labute approximate surface area is 168 Å². The normalized spacial score (nSPS) is 10.7. The summed E-state index contributed by atoms with van der Waals surface area (Å²) in [5.41, 5.74) is -2.37. The predicted octanol–water partition coefficient (Wildman–Crippen LogP) is 2.39. The number of H-pyrrole nitrogens is 1. The summed E-state index contributed by atoms with van der Waals surface area (Å²) in [5.74, 6) is -2.53. The van der Waals surface area contributed by atoms with E-state index in [0.717, 1.165) is 12.1 Å². The van der Waals surface area contributed by atoms with Crippen LogP contribution in [0.25, 0.3) is 5.69 Å². The first-order valence-corrected chi connectivity index (χ1v) is 8.60. The Kier molecular flexibility index (Phi) is 5.59. The minimum absolute atomic E-state index is 0.0144. The van der Waals surface area contributed by atoms with E-state index in [1.54, 1.807) is 6.07 Å². The number of hydrogen-bond donors (Lipinski definition) is 1. The van der Waals surface area contributed by atoms with E-state index in [2.05, 4.69) is 10.1 Å². The number of benzene rings is 1. The van der Waals surface area contributed by atoms with Crippen molar-refractivity contribution in [3.05, 3.63) is 68.1 Å². The van der Waals surface area contributed by atoms with Crippen molar-refractivity contribution in [3.8, 4) is 29.1 Å². The van der Waals surface area contributed by atoms with Crippen LogP contribution >= 0.6 is 0 Å². The third-order valence-electron chi connectivity index (χ3n) is 4.05. The Hall–Kier alpha value is -4.07. The molecule has 0 aliphatic rings. The third-order valence-corrected chi connectivity index (χ3v) is 4.05. The Bertz CT molecular complexity index is 1250. The van der Waals surface area contributed by atoms with Gasteiger partial charge in [-0.15, -0.1) is 5.10 Å². The van der Waals surface area contributed by atoms with Crippen molar-refractivity contribution in [1.82, 2.24) is 19.7 Å². The molecule has 0 atom stereocenters. The van der Waals surface area contributed by atoms with E-state index >= 15 is 0 Å². The second-order valence-electron chi connectivity index (χ2n) is 6.40. The number of hydrogen-bond acceptors (Lipinski definition) is 7. The molecule has 0 spiro atoms. The van der Waals surface area contributed by atoms with Gasteiger partial charge in [0.2, 0.25) is 11.6 Å². The molecule has 1 N–H and O–H groups in total. The van der Waals surface area contributed by atoms with Gasteiger partial charge in [0.05, 0.1) is 19.0 Å². The van der Waals surface area contributed by atoms with Crippen molar-refractivity contribution < 1.29 is 18.3 Å². The molecule has 0 saturated carbocycles. The fraction of sp³-hybridized carbons (Fsp3) is 0.211. The van der Waals surface area contributed by atoms with Crippen LogP contribution in [0.15, 0.2) is 34.0 Å². The summed E-state index contributed by atoms with van der Waals surface area (Å²) < 4.78 is 40.2. The summed E-state index contributed by atoms with van der Waals surface area (Å²) in [5, 5.41) is 12.4. The van der Waals surface area contributed by atoms with E-state index in [0.29, 0.717) is 16.1 Å². The largest absolute Gasteiger partial charge is 0.481 e. The summed E-state index contributed by atoms with van der Waals surface area (Å²) >= 11 is 0. The smallest absolute Gasteiger partial charge is 0.349 e. The number of aromatic amines is 1. The molecule has 30 heavy (non-hydrogen) atoms. The molecular weight excluding hydrogens is 400 g/mol. The van der Waals surface area contributed by atoms with E-state index in [1.807, 2.05) is 18.8 Å². The number of aromatic nitrogens is 4. The van der Waals surface area contributed by atoms with Gasteiger partial charge in [0.25, 0.3) is 5.56 Å². The van der Waals surface area contributed by atoms with Crippen LogP contribution in [0.3, 0.4) is 0 Å². The van der Waals surface area contributed by atoms with E-state index in [4.69, 9.17) is 14.7 Å². The van der Waals surface area contributed by atoms with Crippen LogP contribution in [0.2, 0.25) is 0 Å². The molecule has 0 bridgehead atoms. The quantitative estimate of drug-likeness (QED) is 0.679. The van der Waals surface area contributed by atoms with Crippen LogP contribution < -0.4 is 20.7 Å². The van der Waals surface area contributed by atoms with Crippen LogP contribution in [0, 0.1) is 23.0 Å². The fourth-order valence-corrected chi connectivity index (χ4v) is 2.62. The van der Waals surface area contributed by atoms with Crippen molar-refractivity contribution >= 4 is 0 Å². The molecule has 11 heteroatoms. The van der Waals surface area contributed by atoms with Crippen LogP contribution in [-0.4, -0.2) is 26.9 Å². The Morgan fingerprint density at radius 1 is 1.20 bits per heavy atom. The number of rotatable bonds is 5. The van der Waals surface area contributed by atoms with Gasteiger partial charge in [0.15, 0.2) is 17.4 Å². The summed E-state index contributed by atoms with van der Waals surface area (Å²) in [7, 11) is 1.46. The van der Waals surface area contributed by atoms with Crippen molar-refractivity contribution in [2.24, 2.45) is 0 Å². The van der Waals surface area contributed by atoms with Crippen LogP contribution in [0.1, 0.15) is 31.0 Å². The molecule has 1 aromatic carbocycles. The van der Waals surface area contributed by atoms with E-state index in [1.165, 1.54) is 19.4 Å². The molecule has 154 valence electrons. The first-order chi connectivity index (χ1) is 14.2. The number of pyridine rings is 1. The van der Waals surface area contributed by atoms with E-state index in [-0.39, 0.29) is 17.4 Å². The van der Waals surface area contributed by atoms with Gasteiger partial charge in [-0.1, -0.05) is 13.8 Å². The zero-order valence-electron chi connectivity index (χ0n) is 16.1. The van der Waals surface area contributed by atoms with Gasteiger partial charge < -0.3 is 9.47 Å². The Morgan fingerprint density at radius 2 is 1.87 bits per heavy atom. The number of nitrogens with zero attached hydrogens (tertiary/aromatic N) is 4. The first kappa shape index (κ1) is 20.7. The summed E-state index contributed by atoms with van der Waals surface area (Å²) in [6.07, 6.45) is 1.25. The van der Waals surface area contributed by atoms with Crippen molar-refractivity contribution in [1.29, 1.82) is 5.26 Å². The maximum absolute atomic E-state index is 14.6. The first-order valence-electron chi connectivity index (χ1n) is 8.60.